The average molecular weight is 376 g/mol. The van der Waals surface area contributed by atoms with Gasteiger partial charge in [-0.2, -0.15) is 0 Å². The number of rotatable bonds is 4. The van der Waals surface area contributed by atoms with E-state index in [-0.39, 0.29) is 6.04 Å². The molecule has 2 unspecified atom stereocenters. The molecule has 0 spiro atoms. The minimum absolute atomic E-state index is 0.252. The minimum Gasteiger partial charge on any atom is -0.387 e. The van der Waals surface area contributed by atoms with Gasteiger partial charge >= 0.3 is 0 Å². The molecule has 3 aromatic rings. The van der Waals surface area contributed by atoms with Crippen LogP contribution in [0.4, 0.5) is 0 Å². The molecule has 2 nitrogen and oxygen atoms in total. The minimum atomic E-state index is -0.509. The molecule has 0 aliphatic carbocycles. The lowest BCUT2D eigenvalue weighted by atomic mass is 9.97. The molecule has 1 aromatic carbocycles. The van der Waals surface area contributed by atoms with Crippen LogP contribution in [0.3, 0.4) is 0 Å². The summed E-state index contributed by atoms with van der Waals surface area (Å²) in [6, 6.07) is 14.3. The summed E-state index contributed by atoms with van der Waals surface area (Å²) >= 11 is 9.59. The third kappa shape index (κ3) is 3.17. The summed E-state index contributed by atoms with van der Waals surface area (Å²) in [6.45, 7) is 1.60. The molecule has 24 heavy (non-hydrogen) atoms. The number of nitrogens with zero attached hydrogens (tertiary/aromatic N) is 1. The van der Waals surface area contributed by atoms with Gasteiger partial charge in [0, 0.05) is 27.9 Å². The first-order valence-electron chi connectivity index (χ1n) is 7.99. The van der Waals surface area contributed by atoms with Gasteiger partial charge in [-0.3, -0.25) is 4.90 Å². The van der Waals surface area contributed by atoms with E-state index in [1.54, 1.807) is 11.3 Å². The molecule has 0 amide bonds. The van der Waals surface area contributed by atoms with Crippen molar-refractivity contribution in [2.75, 3.05) is 13.1 Å². The largest absolute Gasteiger partial charge is 0.387 e. The highest BCUT2D eigenvalue weighted by atomic mass is 35.5. The van der Waals surface area contributed by atoms with E-state index in [1.807, 2.05) is 35.6 Å². The maximum atomic E-state index is 10.7. The molecule has 1 aliphatic rings. The molecule has 3 heterocycles. The van der Waals surface area contributed by atoms with E-state index in [1.165, 1.54) is 15.3 Å². The summed E-state index contributed by atoms with van der Waals surface area (Å²) in [6.07, 6.45) is 0.548. The Kier molecular flexibility index (Phi) is 4.74. The SMILES string of the molecule is OC(CN1CCc2sccc2C1c1cccs1)c1ccc(Cl)cc1. The molecule has 0 radical (unpaired) electrons. The second-order valence-corrected chi connectivity index (χ2v) is 8.45. The van der Waals surface area contributed by atoms with Crippen LogP contribution >= 0.6 is 34.3 Å². The highest BCUT2D eigenvalue weighted by molar-refractivity contribution is 7.10. The monoisotopic (exact) mass is 375 g/mol. The van der Waals surface area contributed by atoms with Gasteiger partial charge in [0.15, 0.2) is 0 Å². The number of thiophene rings is 2. The van der Waals surface area contributed by atoms with Crippen molar-refractivity contribution in [1.82, 2.24) is 4.90 Å². The quantitative estimate of drug-likeness (QED) is 0.682. The lowest BCUT2D eigenvalue weighted by Crippen LogP contribution is -2.37. The number of benzene rings is 1. The van der Waals surface area contributed by atoms with Crippen molar-refractivity contribution in [2.45, 2.75) is 18.6 Å². The standard InChI is InChI=1S/C19H18ClNOS2/c20-14-5-3-13(4-6-14)16(22)12-21-9-7-17-15(8-11-24-17)19(21)18-2-1-10-23-18/h1-6,8,10-11,16,19,22H,7,9,12H2. The fourth-order valence-corrected chi connectivity index (χ4v) is 5.26. The predicted octanol–water partition coefficient (Wildman–Crippen LogP) is 5.14. The second kappa shape index (κ2) is 6.98. The zero-order valence-corrected chi connectivity index (χ0v) is 15.4. The molecular weight excluding hydrogens is 358 g/mol. The molecule has 0 bridgehead atoms. The first kappa shape index (κ1) is 16.3. The summed E-state index contributed by atoms with van der Waals surface area (Å²) in [5.74, 6) is 0. The highest BCUT2D eigenvalue weighted by Gasteiger charge is 2.31. The highest BCUT2D eigenvalue weighted by Crippen LogP contribution is 2.40. The van der Waals surface area contributed by atoms with Gasteiger partial charge in [-0.25, -0.2) is 0 Å². The number of aliphatic hydroxyl groups excluding tert-OH is 1. The van der Waals surface area contributed by atoms with Gasteiger partial charge < -0.3 is 5.11 Å². The van der Waals surface area contributed by atoms with Crippen molar-refractivity contribution < 1.29 is 5.11 Å². The Morgan fingerprint density at radius 3 is 2.71 bits per heavy atom. The Morgan fingerprint density at radius 1 is 1.12 bits per heavy atom. The third-order valence-electron chi connectivity index (χ3n) is 4.54. The van der Waals surface area contributed by atoms with Crippen LogP contribution in [0.5, 0.6) is 0 Å². The van der Waals surface area contributed by atoms with Crippen LogP contribution < -0.4 is 0 Å². The molecule has 0 saturated carbocycles. The zero-order valence-electron chi connectivity index (χ0n) is 13.1. The number of hydrogen-bond acceptors (Lipinski definition) is 4. The smallest absolute Gasteiger partial charge is 0.0917 e. The van der Waals surface area contributed by atoms with Crippen LogP contribution in [0.15, 0.2) is 53.2 Å². The number of fused-ring (bicyclic) bond motifs is 1. The molecule has 1 aliphatic heterocycles. The molecule has 124 valence electrons. The first-order valence-corrected chi connectivity index (χ1v) is 10.1. The van der Waals surface area contributed by atoms with Crippen LogP contribution in [0.2, 0.25) is 5.02 Å². The molecule has 2 aromatic heterocycles. The summed E-state index contributed by atoms with van der Waals surface area (Å²) < 4.78 is 0. The van der Waals surface area contributed by atoms with Gasteiger partial charge in [-0.05, 0) is 52.6 Å². The van der Waals surface area contributed by atoms with Crippen molar-refractivity contribution in [1.29, 1.82) is 0 Å². The van der Waals surface area contributed by atoms with E-state index in [0.717, 1.165) is 18.5 Å². The summed E-state index contributed by atoms with van der Waals surface area (Å²) in [5, 5.41) is 15.7. The Bertz CT molecular complexity index is 797. The maximum Gasteiger partial charge on any atom is 0.0917 e. The van der Waals surface area contributed by atoms with E-state index >= 15 is 0 Å². The fourth-order valence-electron chi connectivity index (χ4n) is 3.36. The normalized spacial score (nSPS) is 19.2. The van der Waals surface area contributed by atoms with E-state index in [9.17, 15) is 5.11 Å². The van der Waals surface area contributed by atoms with Crippen LogP contribution in [0.1, 0.15) is 33.0 Å². The summed E-state index contributed by atoms with van der Waals surface area (Å²) in [7, 11) is 0. The topological polar surface area (TPSA) is 23.5 Å². The van der Waals surface area contributed by atoms with E-state index in [4.69, 9.17) is 11.6 Å². The van der Waals surface area contributed by atoms with E-state index in [0.29, 0.717) is 11.6 Å². The van der Waals surface area contributed by atoms with E-state index in [2.05, 4.69) is 33.9 Å². The van der Waals surface area contributed by atoms with Crippen molar-refractivity contribution in [3.63, 3.8) is 0 Å². The van der Waals surface area contributed by atoms with Crippen molar-refractivity contribution in [3.8, 4) is 0 Å². The first-order chi connectivity index (χ1) is 11.7. The fraction of sp³-hybridized carbons (Fsp3) is 0.263. The average Bonchev–Trinajstić information content (AvgIpc) is 3.26. The Morgan fingerprint density at radius 2 is 1.96 bits per heavy atom. The number of β-amino-alcohol motifs (C(OH)–C–C–N with tert-alkyl or cyclic N) is 1. The van der Waals surface area contributed by atoms with Gasteiger partial charge in [0.25, 0.3) is 0 Å². The summed E-state index contributed by atoms with van der Waals surface area (Å²) in [4.78, 5) is 5.23. The van der Waals surface area contributed by atoms with E-state index < -0.39 is 6.10 Å². The van der Waals surface area contributed by atoms with Crippen molar-refractivity contribution in [3.05, 3.63) is 79.1 Å². The lowest BCUT2D eigenvalue weighted by Gasteiger charge is -2.36. The van der Waals surface area contributed by atoms with Gasteiger partial charge in [0.1, 0.15) is 0 Å². The Labute approximate surface area is 155 Å². The lowest BCUT2D eigenvalue weighted by molar-refractivity contribution is 0.0936. The summed E-state index contributed by atoms with van der Waals surface area (Å²) in [5.41, 5.74) is 2.32. The van der Waals surface area contributed by atoms with Crippen molar-refractivity contribution >= 4 is 34.3 Å². The Hall–Kier alpha value is -1.17. The zero-order chi connectivity index (χ0) is 16.5. The molecular formula is C19H18ClNOS2. The predicted molar refractivity (Wildman–Crippen MR) is 102 cm³/mol. The van der Waals surface area contributed by atoms with Crippen LogP contribution in [-0.4, -0.2) is 23.1 Å². The second-order valence-electron chi connectivity index (χ2n) is 6.03. The molecule has 0 saturated heterocycles. The van der Waals surface area contributed by atoms with Crippen LogP contribution in [-0.2, 0) is 6.42 Å². The molecule has 4 rings (SSSR count). The molecule has 0 fully saturated rings. The van der Waals surface area contributed by atoms with Crippen LogP contribution in [0, 0.1) is 0 Å². The van der Waals surface area contributed by atoms with Gasteiger partial charge in [-0.15, -0.1) is 22.7 Å². The van der Waals surface area contributed by atoms with Gasteiger partial charge in [-0.1, -0.05) is 29.8 Å². The molecule has 5 heteroatoms. The number of hydrogen-bond donors (Lipinski definition) is 1. The number of halogens is 1. The maximum absolute atomic E-state index is 10.7. The van der Waals surface area contributed by atoms with Crippen molar-refractivity contribution in [2.24, 2.45) is 0 Å². The molecule has 1 N–H and O–H groups in total. The van der Waals surface area contributed by atoms with Gasteiger partial charge in [0.2, 0.25) is 0 Å². The van der Waals surface area contributed by atoms with Gasteiger partial charge in [0.05, 0.1) is 12.1 Å². The molecule has 2 atom stereocenters. The third-order valence-corrected chi connectivity index (χ3v) is 6.71. The Balaban J connectivity index is 1.60. The number of aliphatic hydroxyl groups is 1. The van der Waals surface area contributed by atoms with Crippen LogP contribution in [0.25, 0.3) is 0 Å².